The molecule has 1 saturated heterocycles. The first-order chi connectivity index (χ1) is 15.4. The zero-order valence-corrected chi connectivity index (χ0v) is 19.0. The van der Waals surface area contributed by atoms with Gasteiger partial charge in [0, 0.05) is 43.2 Å². The number of hydrogen-bond donors (Lipinski definition) is 1. The second-order valence-corrected chi connectivity index (χ2v) is 8.19. The molecule has 168 valence electrons. The van der Waals surface area contributed by atoms with Crippen molar-refractivity contribution < 1.29 is 14.3 Å². The molecule has 2 N–H and O–H groups in total. The molecule has 4 rings (SSSR count). The molecule has 1 fully saturated rings. The van der Waals surface area contributed by atoms with Gasteiger partial charge in [0.1, 0.15) is 5.82 Å². The number of benzene rings is 2. The van der Waals surface area contributed by atoms with Crippen LogP contribution in [-0.2, 0) is 0 Å². The second-order valence-electron chi connectivity index (χ2n) is 8.19. The Hall–Kier alpha value is -3.55. The van der Waals surface area contributed by atoms with Gasteiger partial charge in [0.05, 0.1) is 19.7 Å². The van der Waals surface area contributed by atoms with Crippen LogP contribution in [0.4, 0.5) is 11.8 Å². The molecule has 8 nitrogen and oxygen atoms in total. The normalized spacial score (nSPS) is 14.2. The van der Waals surface area contributed by atoms with Crippen molar-refractivity contribution in [2.45, 2.75) is 19.8 Å². The summed E-state index contributed by atoms with van der Waals surface area (Å²) >= 11 is 0. The standard InChI is InChI=1S/C24H29N5O3/c1-15(2)16-5-7-17(8-6-16)23(30)28-9-11-29(12-10-28)24-26-19-14-21(32-4)20(31-3)13-18(19)22(25)27-24/h5-8,13-15H,9-12H2,1-4H3,(H2,25,26,27). The Morgan fingerprint density at radius 3 is 2.19 bits per heavy atom. The van der Waals surface area contributed by atoms with Gasteiger partial charge in [-0.15, -0.1) is 0 Å². The Kier molecular flexibility index (Phi) is 6.03. The van der Waals surface area contributed by atoms with Crippen LogP contribution in [0.15, 0.2) is 36.4 Å². The minimum absolute atomic E-state index is 0.0516. The van der Waals surface area contributed by atoms with Crippen LogP contribution in [0.25, 0.3) is 10.9 Å². The van der Waals surface area contributed by atoms with E-state index in [-0.39, 0.29) is 5.91 Å². The van der Waals surface area contributed by atoms with Crippen molar-refractivity contribution in [1.29, 1.82) is 0 Å². The number of hydrogen-bond acceptors (Lipinski definition) is 7. The van der Waals surface area contributed by atoms with Gasteiger partial charge in [-0.1, -0.05) is 26.0 Å². The fourth-order valence-electron chi connectivity index (χ4n) is 3.91. The molecule has 0 radical (unpaired) electrons. The van der Waals surface area contributed by atoms with E-state index in [1.54, 1.807) is 26.4 Å². The van der Waals surface area contributed by atoms with E-state index < -0.39 is 0 Å². The molecule has 32 heavy (non-hydrogen) atoms. The lowest BCUT2D eigenvalue weighted by molar-refractivity contribution is 0.0746. The van der Waals surface area contributed by atoms with E-state index in [1.807, 2.05) is 29.2 Å². The number of fused-ring (bicyclic) bond motifs is 1. The third-order valence-electron chi connectivity index (χ3n) is 5.89. The SMILES string of the molecule is COc1cc2nc(N3CCN(C(=O)c4ccc(C(C)C)cc4)CC3)nc(N)c2cc1OC. The molecule has 0 spiro atoms. The van der Waals surface area contributed by atoms with Gasteiger partial charge < -0.3 is 25.0 Å². The fraction of sp³-hybridized carbons (Fsp3) is 0.375. The summed E-state index contributed by atoms with van der Waals surface area (Å²) in [5.41, 5.74) is 8.86. The summed E-state index contributed by atoms with van der Waals surface area (Å²) in [4.78, 5) is 26.0. The lowest BCUT2D eigenvalue weighted by Gasteiger charge is -2.35. The maximum absolute atomic E-state index is 12.9. The zero-order valence-electron chi connectivity index (χ0n) is 19.0. The highest BCUT2D eigenvalue weighted by atomic mass is 16.5. The summed E-state index contributed by atoms with van der Waals surface area (Å²) in [5.74, 6) is 2.60. The Labute approximate surface area is 188 Å². The van der Waals surface area contributed by atoms with Crippen LogP contribution in [0.2, 0.25) is 0 Å². The Balaban J connectivity index is 1.49. The molecule has 0 aliphatic carbocycles. The number of nitrogens with zero attached hydrogens (tertiary/aromatic N) is 4. The highest BCUT2D eigenvalue weighted by Crippen LogP contribution is 2.34. The average molecular weight is 436 g/mol. The number of nitrogen functional groups attached to an aromatic ring is 1. The first-order valence-corrected chi connectivity index (χ1v) is 10.7. The molecular formula is C24H29N5O3. The molecule has 0 unspecified atom stereocenters. The lowest BCUT2D eigenvalue weighted by Crippen LogP contribution is -2.49. The minimum atomic E-state index is 0.0516. The summed E-state index contributed by atoms with van der Waals surface area (Å²) in [6.07, 6.45) is 0. The van der Waals surface area contributed by atoms with Gasteiger partial charge in [0.25, 0.3) is 5.91 Å². The van der Waals surface area contributed by atoms with E-state index in [1.165, 1.54) is 5.56 Å². The molecule has 8 heteroatoms. The maximum Gasteiger partial charge on any atom is 0.253 e. The van der Waals surface area contributed by atoms with Crippen LogP contribution >= 0.6 is 0 Å². The number of rotatable bonds is 5. The number of aromatic nitrogens is 2. The minimum Gasteiger partial charge on any atom is -0.493 e. The van der Waals surface area contributed by atoms with E-state index >= 15 is 0 Å². The molecule has 2 aromatic carbocycles. The molecule has 0 bridgehead atoms. The molecule has 0 atom stereocenters. The first-order valence-electron chi connectivity index (χ1n) is 10.7. The molecular weight excluding hydrogens is 406 g/mol. The molecule has 0 saturated carbocycles. The van der Waals surface area contributed by atoms with E-state index in [2.05, 4.69) is 23.7 Å². The predicted molar refractivity (Wildman–Crippen MR) is 126 cm³/mol. The quantitative estimate of drug-likeness (QED) is 0.657. The van der Waals surface area contributed by atoms with Crippen molar-refractivity contribution in [2.75, 3.05) is 51.0 Å². The molecule has 1 aromatic heterocycles. The largest absolute Gasteiger partial charge is 0.493 e. The van der Waals surface area contributed by atoms with Crippen LogP contribution in [-0.4, -0.2) is 61.2 Å². The van der Waals surface area contributed by atoms with Gasteiger partial charge in [-0.05, 0) is 29.7 Å². The maximum atomic E-state index is 12.9. The number of anilines is 2. The average Bonchev–Trinajstić information content (AvgIpc) is 2.82. The number of carbonyl (C=O) groups is 1. The third-order valence-corrected chi connectivity index (χ3v) is 5.89. The Bertz CT molecular complexity index is 1120. The molecule has 1 aliphatic heterocycles. The number of ether oxygens (including phenoxy) is 2. The van der Waals surface area contributed by atoms with Gasteiger partial charge >= 0.3 is 0 Å². The van der Waals surface area contributed by atoms with E-state index in [0.717, 1.165) is 5.56 Å². The van der Waals surface area contributed by atoms with Crippen LogP contribution in [0.1, 0.15) is 35.7 Å². The van der Waals surface area contributed by atoms with E-state index in [4.69, 9.17) is 20.2 Å². The van der Waals surface area contributed by atoms with E-state index in [0.29, 0.717) is 66.3 Å². The third kappa shape index (κ3) is 4.12. The van der Waals surface area contributed by atoms with Crippen molar-refractivity contribution in [3.8, 4) is 11.5 Å². The first kappa shape index (κ1) is 21.7. The summed E-state index contributed by atoms with van der Waals surface area (Å²) in [6, 6.07) is 11.5. The molecule has 2 heterocycles. The highest BCUT2D eigenvalue weighted by molar-refractivity contribution is 5.94. The van der Waals surface area contributed by atoms with Crippen molar-refractivity contribution in [2.24, 2.45) is 0 Å². The predicted octanol–water partition coefficient (Wildman–Crippen LogP) is 3.32. The summed E-state index contributed by atoms with van der Waals surface area (Å²) in [7, 11) is 3.16. The summed E-state index contributed by atoms with van der Waals surface area (Å²) in [6.45, 7) is 6.74. The Morgan fingerprint density at radius 2 is 1.59 bits per heavy atom. The van der Waals surface area contributed by atoms with Crippen molar-refractivity contribution >= 4 is 28.6 Å². The molecule has 1 amide bonds. The monoisotopic (exact) mass is 435 g/mol. The fourth-order valence-corrected chi connectivity index (χ4v) is 3.91. The second kappa shape index (κ2) is 8.90. The van der Waals surface area contributed by atoms with Gasteiger partial charge in [0.15, 0.2) is 11.5 Å². The van der Waals surface area contributed by atoms with Crippen LogP contribution < -0.4 is 20.1 Å². The number of amides is 1. The van der Waals surface area contributed by atoms with E-state index in [9.17, 15) is 4.79 Å². The van der Waals surface area contributed by atoms with Crippen molar-refractivity contribution in [3.63, 3.8) is 0 Å². The van der Waals surface area contributed by atoms with Gasteiger partial charge in [-0.25, -0.2) is 4.98 Å². The number of piperazine rings is 1. The number of nitrogens with two attached hydrogens (primary N) is 1. The van der Waals surface area contributed by atoms with Crippen LogP contribution in [0, 0.1) is 0 Å². The van der Waals surface area contributed by atoms with Gasteiger partial charge in [-0.3, -0.25) is 4.79 Å². The molecule has 3 aromatic rings. The van der Waals surface area contributed by atoms with Gasteiger partial charge in [0.2, 0.25) is 5.95 Å². The Morgan fingerprint density at radius 1 is 0.969 bits per heavy atom. The summed E-state index contributed by atoms with van der Waals surface area (Å²) < 4.78 is 10.7. The highest BCUT2D eigenvalue weighted by Gasteiger charge is 2.24. The number of carbonyl (C=O) groups excluding carboxylic acids is 1. The van der Waals surface area contributed by atoms with Crippen molar-refractivity contribution in [3.05, 3.63) is 47.5 Å². The lowest BCUT2D eigenvalue weighted by atomic mass is 10.0. The zero-order chi connectivity index (χ0) is 22.8. The smallest absolute Gasteiger partial charge is 0.253 e. The molecule has 1 aliphatic rings. The van der Waals surface area contributed by atoms with Crippen LogP contribution in [0.3, 0.4) is 0 Å². The number of methoxy groups -OCH3 is 2. The van der Waals surface area contributed by atoms with Crippen LogP contribution in [0.5, 0.6) is 11.5 Å². The van der Waals surface area contributed by atoms with Gasteiger partial charge in [-0.2, -0.15) is 4.98 Å². The topological polar surface area (TPSA) is 93.8 Å². The summed E-state index contributed by atoms with van der Waals surface area (Å²) in [5, 5.41) is 0.713. The van der Waals surface area contributed by atoms with Crippen molar-refractivity contribution in [1.82, 2.24) is 14.9 Å².